The predicted octanol–water partition coefficient (Wildman–Crippen LogP) is 10.2. The number of esters is 1. The standard InChI is InChI=1S/C51H95NO10/c1-3-5-7-9-11-13-14-15-16-19-23-27-31-35-39-47(56)60-40-36-32-28-24-20-17-18-22-26-30-34-38-46(55)52-43(44(54)37-33-29-25-21-12-10-8-6-4-2)42-61-51-50(59)49(58)48(57)45(41-53)62-51/h20,24,33,37,43-45,48-51,53-54,57-59H,3-19,21-23,25-32,34-36,38-42H2,1-2H3,(H,52,55)/b24-20-,37-33+. The Morgan fingerprint density at radius 3 is 1.55 bits per heavy atom. The van der Waals surface area contributed by atoms with Crippen molar-refractivity contribution in [2.75, 3.05) is 19.8 Å². The zero-order valence-corrected chi connectivity index (χ0v) is 39.6. The first-order chi connectivity index (χ1) is 30.2. The van der Waals surface area contributed by atoms with Gasteiger partial charge in [-0.3, -0.25) is 9.59 Å². The van der Waals surface area contributed by atoms with Crippen LogP contribution in [0, 0.1) is 0 Å². The number of ether oxygens (including phenoxy) is 3. The van der Waals surface area contributed by atoms with Crippen LogP contribution in [0.1, 0.15) is 226 Å². The van der Waals surface area contributed by atoms with Crippen LogP contribution in [0.2, 0.25) is 0 Å². The molecule has 0 aromatic heterocycles. The first-order valence-electron chi connectivity index (χ1n) is 25.6. The van der Waals surface area contributed by atoms with E-state index in [0.29, 0.717) is 19.4 Å². The van der Waals surface area contributed by atoms with Crippen molar-refractivity contribution in [1.82, 2.24) is 5.32 Å². The molecule has 1 heterocycles. The molecule has 0 aromatic rings. The lowest BCUT2D eigenvalue weighted by Gasteiger charge is -2.40. The molecule has 1 fully saturated rings. The second-order valence-corrected chi connectivity index (χ2v) is 17.9. The van der Waals surface area contributed by atoms with Crippen molar-refractivity contribution in [1.29, 1.82) is 0 Å². The Bertz CT molecular complexity index is 1090. The molecule has 1 rings (SSSR count). The van der Waals surface area contributed by atoms with Gasteiger partial charge < -0.3 is 45.1 Å². The molecule has 0 aliphatic carbocycles. The van der Waals surface area contributed by atoms with E-state index in [-0.39, 0.29) is 18.5 Å². The van der Waals surface area contributed by atoms with Crippen molar-refractivity contribution in [3.63, 3.8) is 0 Å². The lowest BCUT2D eigenvalue weighted by molar-refractivity contribution is -0.302. The molecule has 1 aliphatic heterocycles. The van der Waals surface area contributed by atoms with E-state index in [4.69, 9.17) is 14.2 Å². The van der Waals surface area contributed by atoms with Crippen LogP contribution in [0.25, 0.3) is 0 Å². The fourth-order valence-corrected chi connectivity index (χ4v) is 7.90. The molecule has 0 aromatic carbocycles. The molecule has 11 nitrogen and oxygen atoms in total. The van der Waals surface area contributed by atoms with Crippen LogP contribution in [0.15, 0.2) is 24.3 Å². The van der Waals surface area contributed by atoms with Crippen molar-refractivity contribution in [2.45, 2.75) is 269 Å². The number of carbonyl (C=O) groups is 2. The number of amides is 1. The van der Waals surface area contributed by atoms with Gasteiger partial charge in [0, 0.05) is 12.8 Å². The average Bonchev–Trinajstić information content (AvgIpc) is 3.27. The summed E-state index contributed by atoms with van der Waals surface area (Å²) in [6.07, 6.45) is 36.9. The van der Waals surface area contributed by atoms with E-state index in [2.05, 4.69) is 31.3 Å². The van der Waals surface area contributed by atoms with Gasteiger partial charge >= 0.3 is 5.97 Å². The summed E-state index contributed by atoms with van der Waals surface area (Å²) in [4.78, 5) is 25.0. The zero-order valence-electron chi connectivity index (χ0n) is 39.6. The van der Waals surface area contributed by atoms with Gasteiger partial charge in [0.1, 0.15) is 24.4 Å². The first-order valence-corrected chi connectivity index (χ1v) is 25.6. The summed E-state index contributed by atoms with van der Waals surface area (Å²) in [6, 6.07) is -0.828. The monoisotopic (exact) mass is 882 g/mol. The lowest BCUT2D eigenvalue weighted by Crippen LogP contribution is -2.60. The number of hydrogen-bond donors (Lipinski definition) is 6. The van der Waals surface area contributed by atoms with Crippen LogP contribution < -0.4 is 5.32 Å². The number of aliphatic hydroxyl groups excluding tert-OH is 5. The van der Waals surface area contributed by atoms with E-state index >= 15 is 0 Å². The highest BCUT2D eigenvalue weighted by atomic mass is 16.7. The molecule has 6 N–H and O–H groups in total. The van der Waals surface area contributed by atoms with Gasteiger partial charge in [0.15, 0.2) is 6.29 Å². The number of aliphatic hydroxyl groups is 5. The van der Waals surface area contributed by atoms with Gasteiger partial charge in [-0.15, -0.1) is 0 Å². The van der Waals surface area contributed by atoms with Crippen molar-refractivity contribution in [3.05, 3.63) is 24.3 Å². The number of rotatable bonds is 43. The Morgan fingerprint density at radius 2 is 1.03 bits per heavy atom. The molecule has 0 bridgehead atoms. The summed E-state index contributed by atoms with van der Waals surface area (Å²) in [7, 11) is 0. The molecular formula is C51H95NO10. The fourth-order valence-electron chi connectivity index (χ4n) is 7.90. The highest BCUT2D eigenvalue weighted by Crippen LogP contribution is 2.23. The molecule has 62 heavy (non-hydrogen) atoms. The topological polar surface area (TPSA) is 175 Å². The van der Waals surface area contributed by atoms with Crippen LogP contribution in [0.3, 0.4) is 0 Å². The number of allylic oxidation sites excluding steroid dienone is 3. The maximum atomic E-state index is 12.9. The predicted molar refractivity (Wildman–Crippen MR) is 251 cm³/mol. The Morgan fingerprint density at radius 1 is 0.581 bits per heavy atom. The summed E-state index contributed by atoms with van der Waals surface area (Å²) < 4.78 is 16.6. The molecule has 0 spiro atoms. The van der Waals surface area contributed by atoms with Crippen molar-refractivity contribution in [3.8, 4) is 0 Å². The van der Waals surface area contributed by atoms with E-state index in [9.17, 15) is 35.1 Å². The number of nitrogens with one attached hydrogen (secondary N) is 1. The SMILES string of the molecule is CCCCCCCCC/C=C/C(O)C(COC1OC(CO)C(O)C(O)C1O)NC(=O)CCCCCCC/C=C\CCCCOC(=O)CCCCCCCCCCCCCCCC. The summed E-state index contributed by atoms with van der Waals surface area (Å²) in [6.45, 7) is 4.20. The normalized spacial score (nSPS) is 20.3. The summed E-state index contributed by atoms with van der Waals surface area (Å²) in [5, 5.41) is 54.0. The minimum absolute atomic E-state index is 0.0557. The van der Waals surface area contributed by atoms with Gasteiger partial charge in [-0.25, -0.2) is 0 Å². The van der Waals surface area contributed by atoms with Crippen LogP contribution in [0.4, 0.5) is 0 Å². The number of unbranched alkanes of at least 4 members (excludes halogenated alkanes) is 27. The Hall–Kier alpha value is -1.86. The van der Waals surface area contributed by atoms with Crippen LogP contribution in [-0.2, 0) is 23.8 Å². The molecule has 364 valence electrons. The maximum Gasteiger partial charge on any atom is 0.305 e. The van der Waals surface area contributed by atoms with E-state index in [1.165, 1.54) is 109 Å². The minimum Gasteiger partial charge on any atom is -0.466 e. The highest BCUT2D eigenvalue weighted by molar-refractivity contribution is 5.76. The van der Waals surface area contributed by atoms with Crippen LogP contribution in [0.5, 0.6) is 0 Å². The van der Waals surface area contributed by atoms with Gasteiger partial charge in [-0.1, -0.05) is 179 Å². The van der Waals surface area contributed by atoms with E-state index < -0.39 is 49.5 Å². The minimum atomic E-state index is -1.58. The number of hydrogen-bond acceptors (Lipinski definition) is 10. The Balaban J connectivity index is 2.17. The van der Waals surface area contributed by atoms with Gasteiger partial charge in [0.05, 0.1) is 32.0 Å². The smallest absolute Gasteiger partial charge is 0.305 e. The number of carbonyl (C=O) groups excluding carboxylic acids is 2. The fraction of sp³-hybridized carbons (Fsp3) is 0.882. The van der Waals surface area contributed by atoms with Gasteiger partial charge in [0.25, 0.3) is 0 Å². The second-order valence-electron chi connectivity index (χ2n) is 17.9. The van der Waals surface area contributed by atoms with Gasteiger partial charge in [-0.05, 0) is 57.8 Å². The molecule has 11 heteroatoms. The van der Waals surface area contributed by atoms with Gasteiger partial charge in [-0.2, -0.15) is 0 Å². The molecule has 0 saturated carbocycles. The van der Waals surface area contributed by atoms with Crippen molar-refractivity contribution < 1.29 is 49.3 Å². The first kappa shape index (κ1) is 58.2. The largest absolute Gasteiger partial charge is 0.466 e. The Kier molecular flexibility index (Phi) is 39.2. The van der Waals surface area contributed by atoms with Crippen LogP contribution >= 0.6 is 0 Å². The summed E-state index contributed by atoms with van der Waals surface area (Å²) in [5.41, 5.74) is 0. The molecule has 0 radical (unpaired) electrons. The van der Waals surface area contributed by atoms with Gasteiger partial charge in [0.2, 0.25) is 5.91 Å². The van der Waals surface area contributed by atoms with Crippen LogP contribution in [-0.4, -0.2) is 100 Å². The second kappa shape index (κ2) is 41.8. The molecule has 7 unspecified atom stereocenters. The third kappa shape index (κ3) is 31.9. The van der Waals surface area contributed by atoms with E-state index in [0.717, 1.165) is 89.9 Å². The average molecular weight is 882 g/mol. The summed E-state index contributed by atoms with van der Waals surface area (Å²) in [5.74, 6) is -0.269. The zero-order chi connectivity index (χ0) is 45.3. The van der Waals surface area contributed by atoms with E-state index in [1.807, 2.05) is 6.08 Å². The highest BCUT2D eigenvalue weighted by Gasteiger charge is 2.44. The third-order valence-electron chi connectivity index (χ3n) is 12.1. The third-order valence-corrected chi connectivity index (χ3v) is 12.1. The molecule has 1 aliphatic rings. The maximum absolute atomic E-state index is 12.9. The Labute approximate surface area is 378 Å². The quantitative estimate of drug-likeness (QED) is 0.0196. The molecule has 1 saturated heterocycles. The summed E-state index contributed by atoms with van der Waals surface area (Å²) >= 11 is 0. The van der Waals surface area contributed by atoms with Crippen molar-refractivity contribution >= 4 is 11.9 Å². The van der Waals surface area contributed by atoms with Crippen molar-refractivity contribution in [2.24, 2.45) is 0 Å². The molecular weight excluding hydrogens is 787 g/mol. The molecule has 7 atom stereocenters. The lowest BCUT2D eigenvalue weighted by atomic mass is 9.99. The molecule has 1 amide bonds. The van der Waals surface area contributed by atoms with E-state index in [1.54, 1.807) is 6.08 Å².